The lowest BCUT2D eigenvalue weighted by atomic mass is 10.2. The first kappa shape index (κ1) is 18.2. The van der Waals surface area contributed by atoms with Crippen LogP contribution in [0.4, 0.5) is 0 Å². The first-order valence-corrected chi connectivity index (χ1v) is 6.88. The topological polar surface area (TPSA) is 84.9 Å². The number of hydrogen-bond donors (Lipinski definition) is 1. The highest BCUT2D eigenvalue weighted by Gasteiger charge is 2.08. The number of carbonyl (C=O) groups is 3. The molecule has 0 fully saturated rings. The second kappa shape index (κ2) is 9.24. The molecule has 1 N–H and O–H groups in total. The quantitative estimate of drug-likeness (QED) is 0.583. The van der Waals surface area contributed by atoms with Crippen LogP contribution in [0.5, 0.6) is 5.75 Å². The summed E-state index contributed by atoms with van der Waals surface area (Å²) in [5.41, 5.74) is 0.766. The maximum Gasteiger partial charge on any atom is 0.331 e. The van der Waals surface area contributed by atoms with E-state index in [-0.39, 0.29) is 12.5 Å². The molecule has 7 nitrogen and oxygen atoms in total. The molecule has 0 saturated heterocycles. The van der Waals surface area contributed by atoms with Crippen LogP contribution in [0.15, 0.2) is 30.3 Å². The Morgan fingerprint density at radius 2 is 2.00 bits per heavy atom. The van der Waals surface area contributed by atoms with E-state index in [9.17, 15) is 14.4 Å². The van der Waals surface area contributed by atoms with Crippen molar-refractivity contribution < 1.29 is 23.9 Å². The molecule has 1 aromatic rings. The molecule has 1 aromatic carbocycles. The third-order valence-electron chi connectivity index (χ3n) is 2.79. The fraction of sp³-hybridized carbons (Fsp3) is 0.312. The van der Waals surface area contributed by atoms with Gasteiger partial charge in [0.1, 0.15) is 5.75 Å². The van der Waals surface area contributed by atoms with Gasteiger partial charge < -0.3 is 19.7 Å². The van der Waals surface area contributed by atoms with Gasteiger partial charge in [0.25, 0.3) is 5.91 Å². The number of esters is 1. The SMILES string of the molecule is COc1cccc(/C=C/C(=O)OCC(=O)NCC(=O)N(C)C)c1. The van der Waals surface area contributed by atoms with E-state index >= 15 is 0 Å². The summed E-state index contributed by atoms with van der Waals surface area (Å²) in [7, 11) is 4.71. The van der Waals surface area contributed by atoms with Crippen molar-refractivity contribution in [3.63, 3.8) is 0 Å². The Kier molecular flexibility index (Phi) is 7.32. The summed E-state index contributed by atoms with van der Waals surface area (Å²) in [6.07, 6.45) is 2.77. The van der Waals surface area contributed by atoms with E-state index in [2.05, 4.69) is 5.32 Å². The van der Waals surface area contributed by atoms with Gasteiger partial charge in [-0.05, 0) is 23.8 Å². The van der Waals surface area contributed by atoms with Crippen LogP contribution in [0, 0.1) is 0 Å². The first-order valence-electron chi connectivity index (χ1n) is 6.88. The molecular formula is C16H20N2O5. The number of likely N-dealkylation sites (N-methyl/N-ethyl adjacent to an activating group) is 1. The zero-order valence-corrected chi connectivity index (χ0v) is 13.4. The minimum Gasteiger partial charge on any atom is -0.497 e. The predicted molar refractivity (Wildman–Crippen MR) is 84.7 cm³/mol. The second-order valence-corrected chi connectivity index (χ2v) is 4.78. The van der Waals surface area contributed by atoms with Crippen molar-refractivity contribution in [1.82, 2.24) is 10.2 Å². The summed E-state index contributed by atoms with van der Waals surface area (Å²) < 4.78 is 9.85. The van der Waals surface area contributed by atoms with E-state index in [0.717, 1.165) is 5.56 Å². The van der Waals surface area contributed by atoms with Crippen LogP contribution in [0.3, 0.4) is 0 Å². The summed E-state index contributed by atoms with van der Waals surface area (Å²) in [6.45, 7) is -0.578. The molecule has 0 heterocycles. The fourth-order valence-corrected chi connectivity index (χ4v) is 1.48. The standard InChI is InChI=1S/C16H20N2O5/c1-18(2)15(20)10-17-14(19)11-23-16(21)8-7-12-5-4-6-13(9-12)22-3/h4-9H,10-11H2,1-3H3,(H,17,19)/b8-7+. The van der Waals surface area contributed by atoms with Gasteiger partial charge in [0.05, 0.1) is 13.7 Å². The molecule has 1 rings (SSSR count). The van der Waals surface area contributed by atoms with Crippen molar-refractivity contribution in [3.05, 3.63) is 35.9 Å². The second-order valence-electron chi connectivity index (χ2n) is 4.78. The summed E-state index contributed by atoms with van der Waals surface area (Å²) in [5.74, 6) is -0.765. The predicted octanol–water partition coefficient (Wildman–Crippen LogP) is 0.456. The van der Waals surface area contributed by atoms with Crippen molar-refractivity contribution in [2.75, 3.05) is 34.4 Å². The highest BCUT2D eigenvalue weighted by Crippen LogP contribution is 2.13. The van der Waals surface area contributed by atoms with Gasteiger partial charge in [-0.2, -0.15) is 0 Å². The monoisotopic (exact) mass is 320 g/mol. The van der Waals surface area contributed by atoms with Crippen LogP contribution in [-0.4, -0.2) is 57.0 Å². The molecule has 0 atom stereocenters. The van der Waals surface area contributed by atoms with Gasteiger partial charge in [-0.25, -0.2) is 4.79 Å². The van der Waals surface area contributed by atoms with Crippen LogP contribution in [-0.2, 0) is 19.1 Å². The van der Waals surface area contributed by atoms with Crippen LogP contribution < -0.4 is 10.1 Å². The molecule has 7 heteroatoms. The molecule has 0 aromatic heterocycles. The summed E-state index contributed by atoms with van der Waals surface area (Å²) in [5, 5.41) is 2.36. The average molecular weight is 320 g/mol. The summed E-state index contributed by atoms with van der Waals surface area (Å²) in [6, 6.07) is 7.13. The van der Waals surface area contributed by atoms with Gasteiger partial charge in [0.15, 0.2) is 6.61 Å². The van der Waals surface area contributed by atoms with Gasteiger partial charge >= 0.3 is 5.97 Å². The molecule has 0 saturated carbocycles. The molecule has 0 aliphatic carbocycles. The zero-order valence-electron chi connectivity index (χ0n) is 13.4. The number of benzene rings is 1. The Balaban J connectivity index is 2.37. The third-order valence-corrected chi connectivity index (χ3v) is 2.79. The molecule has 0 spiro atoms. The maximum atomic E-state index is 11.5. The average Bonchev–Trinajstić information content (AvgIpc) is 2.55. The van der Waals surface area contributed by atoms with Crippen molar-refractivity contribution in [3.8, 4) is 5.75 Å². The number of rotatable bonds is 7. The number of carbonyl (C=O) groups excluding carboxylic acids is 3. The third kappa shape index (κ3) is 7.12. The maximum absolute atomic E-state index is 11.5. The van der Waals surface area contributed by atoms with E-state index in [4.69, 9.17) is 9.47 Å². The molecule has 0 radical (unpaired) electrons. The lowest BCUT2D eigenvalue weighted by Gasteiger charge is -2.10. The Morgan fingerprint density at radius 1 is 1.26 bits per heavy atom. The molecule has 23 heavy (non-hydrogen) atoms. The molecule has 0 aliphatic rings. The van der Waals surface area contributed by atoms with Crippen molar-refractivity contribution in [2.45, 2.75) is 0 Å². The Bertz CT molecular complexity index is 596. The first-order chi connectivity index (χ1) is 10.9. The lowest BCUT2D eigenvalue weighted by Crippen LogP contribution is -2.38. The van der Waals surface area contributed by atoms with Crippen LogP contribution in [0.25, 0.3) is 6.08 Å². The Labute approximate surface area is 134 Å². The van der Waals surface area contributed by atoms with Crippen LogP contribution >= 0.6 is 0 Å². The number of ether oxygens (including phenoxy) is 2. The van der Waals surface area contributed by atoms with Crippen molar-refractivity contribution in [2.24, 2.45) is 0 Å². The van der Waals surface area contributed by atoms with Gasteiger partial charge in [0, 0.05) is 20.2 Å². The van der Waals surface area contributed by atoms with Gasteiger partial charge in [-0.3, -0.25) is 9.59 Å². The van der Waals surface area contributed by atoms with Crippen LogP contribution in [0.1, 0.15) is 5.56 Å². The van der Waals surface area contributed by atoms with Crippen molar-refractivity contribution in [1.29, 1.82) is 0 Å². The fourth-order valence-electron chi connectivity index (χ4n) is 1.48. The van der Waals surface area contributed by atoms with E-state index in [1.807, 2.05) is 0 Å². The van der Waals surface area contributed by atoms with E-state index in [1.165, 1.54) is 11.0 Å². The Morgan fingerprint density at radius 3 is 2.65 bits per heavy atom. The van der Waals surface area contributed by atoms with Gasteiger partial charge in [0.2, 0.25) is 5.91 Å². The largest absolute Gasteiger partial charge is 0.497 e. The Hall–Kier alpha value is -2.83. The van der Waals surface area contributed by atoms with Gasteiger partial charge in [-0.15, -0.1) is 0 Å². The minimum absolute atomic E-state index is 0.136. The number of hydrogen-bond acceptors (Lipinski definition) is 5. The normalized spacial score (nSPS) is 10.2. The number of methoxy groups -OCH3 is 1. The molecule has 0 aliphatic heterocycles. The van der Waals surface area contributed by atoms with Crippen LogP contribution in [0.2, 0.25) is 0 Å². The highest BCUT2D eigenvalue weighted by atomic mass is 16.5. The van der Waals surface area contributed by atoms with Gasteiger partial charge in [-0.1, -0.05) is 12.1 Å². The highest BCUT2D eigenvalue weighted by molar-refractivity contribution is 5.90. The summed E-state index contributed by atoms with van der Waals surface area (Å²) >= 11 is 0. The van der Waals surface area contributed by atoms with E-state index < -0.39 is 18.5 Å². The summed E-state index contributed by atoms with van der Waals surface area (Å²) in [4.78, 5) is 35.6. The molecule has 0 bridgehead atoms. The van der Waals surface area contributed by atoms with Crippen molar-refractivity contribution >= 4 is 23.9 Å². The number of amides is 2. The number of nitrogens with one attached hydrogen (secondary N) is 1. The zero-order chi connectivity index (χ0) is 17.2. The molecule has 0 unspecified atom stereocenters. The number of nitrogens with zero attached hydrogens (tertiary/aromatic N) is 1. The molecule has 2 amide bonds. The lowest BCUT2D eigenvalue weighted by molar-refractivity contribution is -0.144. The van der Waals surface area contributed by atoms with E-state index in [1.54, 1.807) is 51.5 Å². The smallest absolute Gasteiger partial charge is 0.331 e. The molecule has 124 valence electrons. The minimum atomic E-state index is -0.651. The van der Waals surface area contributed by atoms with E-state index in [0.29, 0.717) is 5.75 Å². The molecular weight excluding hydrogens is 300 g/mol.